The van der Waals surface area contributed by atoms with Crippen LogP contribution in [0.4, 0.5) is 0 Å². The van der Waals surface area contributed by atoms with E-state index in [0.717, 1.165) is 58.9 Å². The Bertz CT molecular complexity index is 1400. The maximum absolute atomic E-state index is 13.7. The molecule has 4 aromatic rings. The summed E-state index contributed by atoms with van der Waals surface area (Å²) in [5.74, 6) is 0.0813. The van der Waals surface area contributed by atoms with Crippen LogP contribution in [0.1, 0.15) is 58.4 Å². The summed E-state index contributed by atoms with van der Waals surface area (Å²) in [6.45, 7) is 3.76. The van der Waals surface area contributed by atoms with Gasteiger partial charge in [0.05, 0.1) is 11.1 Å². The summed E-state index contributed by atoms with van der Waals surface area (Å²) in [7, 11) is 0. The summed E-state index contributed by atoms with van der Waals surface area (Å²) in [4.78, 5) is 26.7. The lowest BCUT2D eigenvalue weighted by Gasteiger charge is -2.20. The van der Waals surface area contributed by atoms with Gasteiger partial charge in [-0.15, -0.1) is 10.2 Å². The zero-order valence-corrected chi connectivity index (χ0v) is 21.0. The van der Waals surface area contributed by atoms with E-state index in [1.165, 1.54) is 17.3 Å². The van der Waals surface area contributed by atoms with Crippen molar-refractivity contribution in [1.29, 1.82) is 0 Å². The lowest BCUT2D eigenvalue weighted by Crippen LogP contribution is -2.32. The van der Waals surface area contributed by atoms with Crippen LogP contribution < -0.4 is 0 Å². The molecule has 5 rings (SSSR count). The molecule has 0 radical (unpaired) electrons. The van der Waals surface area contributed by atoms with Gasteiger partial charge in [-0.2, -0.15) is 0 Å². The van der Waals surface area contributed by atoms with Crippen LogP contribution >= 0.6 is 11.8 Å². The van der Waals surface area contributed by atoms with Crippen LogP contribution in [0.2, 0.25) is 0 Å². The van der Waals surface area contributed by atoms with E-state index in [1.54, 1.807) is 16.7 Å². The van der Waals surface area contributed by atoms with Crippen LogP contribution in [-0.4, -0.2) is 43.6 Å². The first-order chi connectivity index (χ1) is 17.0. The summed E-state index contributed by atoms with van der Waals surface area (Å²) >= 11 is 1.50. The van der Waals surface area contributed by atoms with E-state index in [9.17, 15) is 9.59 Å². The third-order valence-corrected chi connectivity index (χ3v) is 7.26. The zero-order chi connectivity index (χ0) is 24.5. The van der Waals surface area contributed by atoms with Crippen molar-refractivity contribution in [2.45, 2.75) is 57.2 Å². The Morgan fingerprint density at radius 1 is 1.06 bits per heavy atom. The molecule has 2 aromatic heterocycles. The molecule has 0 saturated carbocycles. The first kappa shape index (κ1) is 23.4. The number of hydrogen-bond acceptors (Lipinski definition) is 6. The molecular weight excluding hydrogens is 460 g/mol. The van der Waals surface area contributed by atoms with Gasteiger partial charge >= 0.3 is 5.97 Å². The molecule has 0 amide bonds. The number of benzene rings is 2. The van der Waals surface area contributed by atoms with Gasteiger partial charge in [0.25, 0.3) is 5.91 Å². The molecule has 0 aliphatic heterocycles. The van der Waals surface area contributed by atoms with Crippen molar-refractivity contribution in [3.05, 3.63) is 71.2 Å². The Balaban J connectivity index is 1.40. The third-order valence-electron chi connectivity index (χ3n) is 6.63. The average molecular weight is 489 g/mol. The predicted molar refractivity (Wildman–Crippen MR) is 137 cm³/mol. The van der Waals surface area contributed by atoms with Crippen LogP contribution in [0, 0.1) is 6.92 Å². The highest BCUT2D eigenvalue weighted by Crippen LogP contribution is 2.32. The second-order valence-electron chi connectivity index (χ2n) is 8.74. The smallest absolute Gasteiger partial charge is 0.338 e. The van der Waals surface area contributed by atoms with Gasteiger partial charge in [0.15, 0.2) is 11.3 Å². The Kier molecular flexibility index (Phi) is 6.47. The first-order valence-electron chi connectivity index (χ1n) is 12.0. The highest BCUT2D eigenvalue weighted by molar-refractivity contribution is 7.98. The van der Waals surface area contributed by atoms with E-state index in [1.807, 2.05) is 55.0 Å². The molecule has 35 heavy (non-hydrogen) atoms. The fraction of sp³-hybridized carbons (Fsp3) is 0.333. The number of rotatable bonds is 6. The van der Waals surface area contributed by atoms with Crippen LogP contribution in [0.25, 0.3) is 16.6 Å². The van der Waals surface area contributed by atoms with Gasteiger partial charge in [0.1, 0.15) is 5.82 Å². The van der Waals surface area contributed by atoms with E-state index >= 15 is 0 Å². The lowest BCUT2D eigenvalue weighted by atomic mass is 9.95. The minimum Gasteiger partial charge on any atom is -0.449 e. The standard InChI is InChI=1S/C27H28N4O3S/c1-4-24(25(32)31-22-11-7-5-9-20(22)21-10-6-8-12-23(21)31)34-26(33)18-13-15-19(16-14-18)30-17(2)28-29-27(30)35-3/h5,7,9,11,13-16,24H,4,6,8,10,12H2,1-3H3. The Morgan fingerprint density at radius 2 is 1.80 bits per heavy atom. The maximum atomic E-state index is 13.7. The summed E-state index contributed by atoms with van der Waals surface area (Å²) in [6, 6.07) is 15.1. The average Bonchev–Trinajstić information content (AvgIpc) is 3.44. The van der Waals surface area contributed by atoms with Crippen molar-refractivity contribution >= 4 is 34.5 Å². The number of aromatic nitrogens is 4. The monoisotopic (exact) mass is 488 g/mol. The van der Waals surface area contributed by atoms with E-state index < -0.39 is 12.1 Å². The van der Waals surface area contributed by atoms with Gasteiger partial charge in [-0.3, -0.25) is 13.9 Å². The second-order valence-corrected chi connectivity index (χ2v) is 9.51. The third kappa shape index (κ3) is 4.16. The number of nitrogens with zero attached hydrogens (tertiary/aromatic N) is 4. The number of esters is 1. The molecule has 1 unspecified atom stereocenters. The molecule has 7 nitrogen and oxygen atoms in total. The van der Waals surface area contributed by atoms with Gasteiger partial charge in [0, 0.05) is 16.8 Å². The van der Waals surface area contributed by atoms with Gasteiger partial charge in [-0.05, 0) is 81.2 Å². The molecule has 1 aliphatic rings. The number of para-hydroxylation sites is 1. The number of aryl methyl sites for hydroxylation is 2. The van der Waals surface area contributed by atoms with Crippen LogP contribution in [0.15, 0.2) is 53.7 Å². The van der Waals surface area contributed by atoms with Gasteiger partial charge < -0.3 is 4.74 Å². The summed E-state index contributed by atoms with van der Waals surface area (Å²) in [6.07, 6.45) is 5.52. The van der Waals surface area contributed by atoms with E-state index in [0.29, 0.717) is 12.0 Å². The lowest BCUT2D eigenvalue weighted by molar-refractivity contribution is 0.0241. The normalized spacial score (nSPS) is 14.0. The van der Waals surface area contributed by atoms with Gasteiger partial charge in [-0.25, -0.2) is 4.79 Å². The Morgan fingerprint density at radius 3 is 2.54 bits per heavy atom. The quantitative estimate of drug-likeness (QED) is 0.267. The molecule has 1 aliphatic carbocycles. The molecule has 1 atom stereocenters. The number of hydrogen-bond donors (Lipinski definition) is 0. The van der Waals surface area contributed by atoms with Crippen molar-refractivity contribution < 1.29 is 14.3 Å². The van der Waals surface area contributed by atoms with E-state index in [2.05, 4.69) is 16.3 Å². The SMILES string of the molecule is CCC(OC(=O)c1ccc(-n2c(C)nnc2SC)cc1)C(=O)n1c2c(c3ccccc31)CCCC2. The fourth-order valence-corrected chi connectivity index (χ4v) is 5.46. The summed E-state index contributed by atoms with van der Waals surface area (Å²) in [5.41, 5.74) is 4.48. The number of thioether (sulfide) groups is 1. The minimum atomic E-state index is -0.854. The fourth-order valence-electron chi connectivity index (χ4n) is 4.92. The molecule has 0 N–H and O–H groups in total. The molecule has 8 heteroatoms. The topological polar surface area (TPSA) is 79.0 Å². The van der Waals surface area contributed by atoms with Crippen molar-refractivity contribution in [3.8, 4) is 5.69 Å². The van der Waals surface area contributed by atoms with Crippen LogP contribution in [0.3, 0.4) is 0 Å². The van der Waals surface area contributed by atoms with Gasteiger partial charge in [-0.1, -0.05) is 36.9 Å². The number of carbonyl (C=O) groups excluding carboxylic acids is 2. The first-order valence-corrected chi connectivity index (χ1v) is 13.2. The minimum absolute atomic E-state index is 0.179. The van der Waals surface area contributed by atoms with Crippen molar-refractivity contribution in [2.24, 2.45) is 0 Å². The molecule has 2 aromatic carbocycles. The largest absolute Gasteiger partial charge is 0.449 e. The van der Waals surface area contributed by atoms with E-state index in [-0.39, 0.29) is 5.91 Å². The van der Waals surface area contributed by atoms with E-state index in [4.69, 9.17) is 4.74 Å². The van der Waals surface area contributed by atoms with Crippen molar-refractivity contribution in [2.75, 3.05) is 6.26 Å². The summed E-state index contributed by atoms with van der Waals surface area (Å²) < 4.78 is 9.49. The molecule has 0 fully saturated rings. The van der Waals surface area contributed by atoms with Gasteiger partial charge in [0.2, 0.25) is 0 Å². The molecular formula is C27H28N4O3S. The van der Waals surface area contributed by atoms with Crippen molar-refractivity contribution in [1.82, 2.24) is 19.3 Å². The number of ether oxygens (including phenoxy) is 1. The number of fused-ring (bicyclic) bond motifs is 3. The number of carbonyl (C=O) groups is 2. The maximum Gasteiger partial charge on any atom is 0.338 e. The van der Waals surface area contributed by atoms with Crippen LogP contribution in [-0.2, 0) is 17.6 Å². The molecule has 0 bridgehead atoms. The predicted octanol–water partition coefficient (Wildman–Crippen LogP) is 5.41. The van der Waals surface area contributed by atoms with Crippen molar-refractivity contribution in [3.63, 3.8) is 0 Å². The Hall–Kier alpha value is -3.39. The molecule has 2 heterocycles. The molecule has 180 valence electrons. The Labute approximate surface area is 208 Å². The highest BCUT2D eigenvalue weighted by atomic mass is 32.2. The molecule has 0 spiro atoms. The zero-order valence-electron chi connectivity index (χ0n) is 20.2. The second kappa shape index (κ2) is 9.70. The molecule has 0 saturated heterocycles. The summed E-state index contributed by atoms with van der Waals surface area (Å²) in [5, 5.41) is 10.2. The van der Waals surface area contributed by atoms with Crippen LogP contribution in [0.5, 0.6) is 0 Å². The highest BCUT2D eigenvalue weighted by Gasteiger charge is 2.29.